The van der Waals surface area contributed by atoms with Gasteiger partial charge in [-0.1, -0.05) is 0 Å². The van der Waals surface area contributed by atoms with Gasteiger partial charge in [0.25, 0.3) is 0 Å². The van der Waals surface area contributed by atoms with E-state index in [0.717, 1.165) is 6.42 Å². The van der Waals surface area contributed by atoms with Gasteiger partial charge in [0, 0.05) is 30.9 Å². The van der Waals surface area contributed by atoms with Crippen LogP contribution in [0.4, 0.5) is 10.5 Å². The third-order valence-electron chi connectivity index (χ3n) is 4.69. The molecule has 0 radical (unpaired) electrons. The number of likely N-dealkylation sites (N-methyl/N-ethyl adjacent to an activating group) is 1. The van der Waals surface area contributed by atoms with Crippen molar-refractivity contribution < 1.29 is 19.1 Å². The van der Waals surface area contributed by atoms with Crippen LogP contribution in [0.5, 0.6) is 11.5 Å². The van der Waals surface area contributed by atoms with E-state index in [1.165, 1.54) is 0 Å². The predicted octanol–water partition coefficient (Wildman–Crippen LogP) is 1.60. The van der Waals surface area contributed by atoms with E-state index in [-0.39, 0.29) is 30.4 Å². The highest BCUT2D eigenvalue weighted by molar-refractivity contribution is 5.94. The summed E-state index contributed by atoms with van der Waals surface area (Å²) < 4.78 is 11.0. The lowest BCUT2D eigenvalue weighted by Crippen LogP contribution is -2.49. The lowest BCUT2D eigenvalue weighted by atomic mass is 10.2. The second-order valence-corrected chi connectivity index (χ2v) is 6.57. The van der Waals surface area contributed by atoms with Crippen LogP contribution in [0.25, 0.3) is 0 Å². The first-order chi connectivity index (χ1) is 12.6. The maximum absolute atomic E-state index is 12.6. The number of anilines is 1. The number of nitrogens with one attached hydrogen (secondary N) is 3. The Balaban J connectivity index is 0.00000261. The molecule has 0 saturated carbocycles. The van der Waals surface area contributed by atoms with Gasteiger partial charge in [-0.2, -0.15) is 0 Å². The number of halogens is 1. The van der Waals surface area contributed by atoms with E-state index < -0.39 is 6.04 Å². The molecule has 1 fully saturated rings. The SMILES string of the molecule is CNC(C)CNC(=O)[C@@H]1CCCN1C(=O)Nc1ccc2c(c1)OCCO2.Cl. The fourth-order valence-electron chi connectivity index (χ4n) is 3.07. The van der Waals surface area contributed by atoms with E-state index >= 15 is 0 Å². The van der Waals surface area contributed by atoms with Crippen LogP contribution in [-0.4, -0.2) is 62.3 Å². The maximum Gasteiger partial charge on any atom is 0.322 e. The number of hydrogen-bond donors (Lipinski definition) is 3. The van der Waals surface area contributed by atoms with Crippen LogP contribution >= 0.6 is 12.4 Å². The molecule has 2 heterocycles. The molecular formula is C18H27ClN4O4. The van der Waals surface area contributed by atoms with E-state index in [2.05, 4.69) is 16.0 Å². The minimum absolute atomic E-state index is 0. The molecule has 1 saturated heterocycles. The average molecular weight is 399 g/mol. The highest BCUT2D eigenvalue weighted by atomic mass is 35.5. The molecule has 0 aliphatic carbocycles. The Bertz CT molecular complexity index is 673. The molecule has 1 unspecified atom stereocenters. The molecule has 8 nitrogen and oxygen atoms in total. The molecule has 0 bridgehead atoms. The van der Waals surface area contributed by atoms with E-state index in [1.54, 1.807) is 23.1 Å². The lowest BCUT2D eigenvalue weighted by molar-refractivity contribution is -0.124. The number of rotatable bonds is 5. The van der Waals surface area contributed by atoms with E-state index in [1.807, 2.05) is 14.0 Å². The van der Waals surface area contributed by atoms with Crippen LogP contribution in [0.1, 0.15) is 19.8 Å². The largest absolute Gasteiger partial charge is 0.486 e. The molecule has 1 aromatic carbocycles. The molecule has 150 valence electrons. The number of carbonyl (C=O) groups excluding carboxylic acids is 2. The highest BCUT2D eigenvalue weighted by Crippen LogP contribution is 2.32. The molecule has 2 aliphatic heterocycles. The quantitative estimate of drug-likeness (QED) is 0.700. The van der Waals surface area contributed by atoms with Crippen LogP contribution in [0.3, 0.4) is 0 Å². The van der Waals surface area contributed by atoms with E-state index in [0.29, 0.717) is 49.9 Å². The molecule has 2 atom stereocenters. The van der Waals surface area contributed by atoms with Gasteiger partial charge in [-0.3, -0.25) is 4.79 Å². The second kappa shape index (κ2) is 9.66. The molecule has 2 aliphatic rings. The van der Waals surface area contributed by atoms with Crippen molar-refractivity contribution >= 4 is 30.0 Å². The molecule has 3 rings (SSSR count). The van der Waals surface area contributed by atoms with E-state index in [9.17, 15) is 9.59 Å². The summed E-state index contributed by atoms with van der Waals surface area (Å²) in [5, 5.41) is 8.83. The predicted molar refractivity (Wildman–Crippen MR) is 105 cm³/mol. The topological polar surface area (TPSA) is 91.9 Å². The van der Waals surface area contributed by atoms with Crippen LogP contribution in [0, 0.1) is 0 Å². The summed E-state index contributed by atoms with van der Waals surface area (Å²) in [6.45, 7) is 4.10. The zero-order valence-corrected chi connectivity index (χ0v) is 16.4. The maximum atomic E-state index is 12.6. The van der Waals surface area contributed by atoms with Crippen LogP contribution in [0.15, 0.2) is 18.2 Å². The molecule has 0 spiro atoms. The number of urea groups is 1. The van der Waals surface area contributed by atoms with Gasteiger partial charge in [-0.25, -0.2) is 4.79 Å². The molecule has 0 aromatic heterocycles. The monoisotopic (exact) mass is 398 g/mol. The Morgan fingerprint density at radius 3 is 2.74 bits per heavy atom. The number of fused-ring (bicyclic) bond motifs is 1. The van der Waals surface area contributed by atoms with Gasteiger partial charge in [-0.15, -0.1) is 12.4 Å². The van der Waals surface area contributed by atoms with Gasteiger partial charge in [-0.05, 0) is 38.9 Å². The minimum Gasteiger partial charge on any atom is -0.486 e. The first-order valence-corrected chi connectivity index (χ1v) is 9.00. The smallest absolute Gasteiger partial charge is 0.322 e. The Kier molecular flexibility index (Phi) is 7.55. The summed E-state index contributed by atoms with van der Waals surface area (Å²) in [4.78, 5) is 26.7. The molecule has 9 heteroatoms. The molecular weight excluding hydrogens is 372 g/mol. The summed E-state index contributed by atoms with van der Waals surface area (Å²) in [5.41, 5.74) is 0.620. The van der Waals surface area contributed by atoms with Crippen LogP contribution < -0.4 is 25.4 Å². The van der Waals surface area contributed by atoms with Gasteiger partial charge in [0.15, 0.2) is 11.5 Å². The summed E-state index contributed by atoms with van der Waals surface area (Å²) >= 11 is 0. The van der Waals surface area contributed by atoms with Crippen molar-refractivity contribution in [2.75, 3.05) is 38.7 Å². The number of ether oxygens (including phenoxy) is 2. The van der Waals surface area contributed by atoms with Gasteiger partial charge in [0.2, 0.25) is 5.91 Å². The Hall–Kier alpha value is -2.19. The number of nitrogens with zero attached hydrogens (tertiary/aromatic N) is 1. The van der Waals surface area contributed by atoms with Crippen molar-refractivity contribution in [2.24, 2.45) is 0 Å². The molecule has 3 N–H and O–H groups in total. The zero-order chi connectivity index (χ0) is 18.5. The Labute approximate surface area is 165 Å². The summed E-state index contributed by atoms with van der Waals surface area (Å²) in [6.07, 6.45) is 1.49. The summed E-state index contributed by atoms with van der Waals surface area (Å²) in [6, 6.07) is 4.76. The first kappa shape index (κ1) is 21.1. The highest BCUT2D eigenvalue weighted by Gasteiger charge is 2.34. The van der Waals surface area contributed by atoms with Crippen molar-refractivity contribution in [3.63, 3.8) is 0 Å². The number of hydrogen-bond acceptors (Lipinski definition) is 5. The van der Waals surface area contributed by atoms with E-state index in [4.69, 9.17) is 9.47 Å². The Morgan fingerprint density at radius 2 is 2.00 bits per heavy atom. The van der Waals surface area contributed by atoms with Crippen LogP contribution in [-0.2, 0) is 4.79 Å². The van der Waals surface area contributed by atoms with Crippen LogP contribution in [0.2, 0.25) is 0 Å². The molecule has 27 heavy (non-hydrogen) atoms. The van der Waals surface area contributed by atoms with Crippen molar-refractivity contribution in [2.45, 2.75) is 31.8 Å². The second-order valence-electron chi connectivity index (χ2n) is 6.57. The third kappa shape index (κ3) is 5.17. The standard InChI is InChI=1S/C18H26N4O4.ClH/c1-12(19-2)11-20-17(23)14-4-3-7-22(14)18(24)21-13-5-6-15-16(10-13)26-9-8-25-15;/h5-6,10,12,14,19H,3-4,7-9,11H2,1-2H3,(H,20,23)(H,21,24);1H/t12?,14-;/m0./s1. The third-order valence-corrected chi connectivity index (χ3v) is 4.69. The summed E-state index contributed by atoms with van der Waals surface area (Å²) in [7, 11) is 1.85. The fraction of sp³-hybridized carbons (Fsp3) is 0.556. The number of amides is 3. The number of likely N-dealkylation sites (tertiary alicyclic amines) is 1. The van der Waals surface area contributed by atoms with Crippen molar-refractivity contribution in [1.29, 1.82) is 0 Å². The molecule has 1 aromatic rings. The number of carbonyl (C=O) groups is 2. The van der Waals surface area contributed by atoms with Crippen molar-refractivity contribution in [3.05, 3.63) is 18.2 Å². The van der Waals surface area contributed by atoms with Gasteiger partial charge in [0.1, 0.15) is 19.3 Å². The van der Waals surface area contributed by atoms with Crippen molar-refractivity contribution in [1.82, 2.24) is 15.5 Å². The normalized spacial score (nSPS) is 19.0. The zero-order valence-electron chi connectivity index (χ0n) is 15.6. The van der Waals surface area contributed by atoms with Crippen molar-refractivity contribution in [3.8, 4) is 11.5 Å². The number of benzene rings is 1. The van der Waals surface area contributed by atoms with Gasteiger partial charge < -0.3 is 30.3 Å². The first-order valence-electron chi connectivity index (χ1n) is 9.00. The lowest BCUT2D eigenvalue weighted by Gasteiger charge is -2.25. The fourth-order valence-corrected chi connectivity index (χ4v) is 3.07. The van der Waals surface area contributed by atoms with Gasteiger partial charge >= 0.3 is 6.03 Å². The van der Waals surface area contributed by atoms with Gasteiger partial charge in [0.05, 0.1) is 0 Å². The average Bonchev–Trinajstić information content (AvgIpc) is 3.15. The molecule has 3 amide bonds. The summed E-state index contributed by atoms with van der Waals surface area (Å²) in [5.74, 6) is 1.18. The minimum atomic E-state index is -0.434. The Morgan fingerprint density at radius 1 is 1.26 bits per heavy atom.